The molecule has 2 atom stereocenters. The Labute approximate surface area is 251 Å². The van der Waals surface area contributed by atoms with Gasteiger partial charge in [0, 0.05) is 29.0 Å². The van der Waals surface area contributed by atoms with Crippen molar-refractivity contribution >= 4 is 23.0 Å². The molecule has 0 saturated carbocycles. The number of aryl methyl sites for hydroxylation is 1. The standard InChI is InChI=1S/C34H32N4O3S/c1-22-21-30(23(2)37(22)24-8-12-26(39-3)13-9-24)33-32(31-7-5-6-20-35-31)36-34(42)38(33)25-10-14-28(15-11-25)41-29-18-16-27(40-4)17-19-29/h5-21,32-33H,1-4H3,(H,36,42). The Morgan fingerprint density at radius 3 is 1.90 bits per heavy atom. The van der Waals surface area contributed by atoms with Crippen LogP contribution in [0, 0.1) is 13.8 Å². The molecule has 2 unspecified atom stereocenters. The minimum atomic E-state index is -0.140. The Balaban J connectivity index is 1.37. The molecule has 0 aliphatic carbocycles. The number of methoxy groups -OCH3 is 2. The Bertz CT molecular complexity index is 1680. The number of rotatable bonds is 8. The van der Waals surface area contributed by atoms with Crippen LogP contribution in [-0.4, -0.2) is 28.9 Å². The Hall–Kier alpha value is -4.82. The quantitative estimate of drug-likeness (QED) is 0.192. The third kappa shape index (κ3) is 5.17. The van der Waals surface area contributed by atoms with Gasteiger partial charge in [-0.05, 0) is 123 Å². The van der Waals surface area contributed by atoms with Crippen LogP contribution in [0.5, 0.6) is 23.0 Å². The van der Waals surface area contributed by atoms with E-state index in [4.69, 9.17) is 31.4 Å². The van der Waals surface area contributed by atoms with Gasteiger partial charge < -0.3 is 29.0 Å². The normalized spacial score (nSPS) is 16.3. The zero-order valence-electron chi connectivity index (χ0n) is 23.9. The molecule has 8 heteroatoms. The summed E-state index contributed by atoms with van der Waals surface area (Å²) < 4.78 is 19.0. The summed E-state index contributed by atoms with van der Waals surface area (Å²) in [4.78, 5) is 6.90. The first kappa shape index (κ1) is 27.4. The largest absolute Gasteiger partial charge is 0.497 e. The molecule has 3 heterocycles. The van der Waals surface area contributed by atoms with Crippen molar-refractivity contribution in [2.75, 3.05) is 19.1 Å². The zero-order chi connectivity index (χ0) is 29.2. The van der Waals surface area contributed by atoms with E-state index in [1.807, 2.05) is 85.1 Å². The number of thiocarbonyl (C=S) groups is 1. The highest BCUT2D eigenvalue weighted by Crippen LogP contribution is 2.44. The highest BCUT2D eigenvalue weighted by Gasteiger charge is 2.42. The molecule has 5 aromatic rings. The second-order valence-corrected chi connectivity index (χ2v) is 10.5. The molecule has 0 spiro atoms. The van der Waals surface area contributed by atoms with E-state index in [1.165, 1.54) is 5.56 Å². The molecule has 7 nitrogen and oxygen atoms in total. The van der Waals surface area contributed by atoms with E-state index < -0.39 is 0 Å². The first-order valence-electron chi connectivity index (χ1n) is 13.7. The van der Waals surface area contributed by atoms with E-state index in [0.29, 0.717) is 5.11 Å². The number of pyridine rings is 1. The average molecular weight is 577 g/mol. The molecule has 1 N–H and O–H groups in total. The summed E-state index contributed by atoms with van der Waals surface area (Å²) in [6.45, 7) is 4.29. The lowest BCUT2D eigenvalue weighted by atomic mass is 9.96. The fourth-order valence-corrected chi connectivity index (χ4v) is 5.97. The van der Waals surface area contributed by atoms with Crippen molar-refractivity contribution in [1.29, 1.82) is 0 Å². The fraction of sp³-hybridized carbons (Fsp3) is 0.176. The number of nitrogens with one attached hydrogen (secondary N) is 1. The number of aromatic nitrogens is 2. The SMILES string of the molecule is COc1ccc(Oc2ccc(N3C(=S)NC(c4ccccn4)C3c3cc(C)n(-c4ccc(OC)cc4)c3C)cc2)cc1. The maximum Gasteiger partial charge on any atom is 0.174 e. The molecular formula is C34H32N4O3S. The number of ether oxygens (including phenoxy) is 3. The van der Waals surface area contributed by atoms with Crippen molar-refractivity contribution in [1.82, 2.24) is 14.9 Å². The highest BCUT2D eigenvalue weighted by atomic mass is 32.1. The maximum absolute atomic E-state index is 6.08. The molecule has 3 aromatic carbocycles. The molecule has 212 valence electrons. The van der Waals surface area contributed by atoms with Crippen LogP contribution in [0.15, 0.2) is 103 Å². The molecule has 6 rings (SSSR count). The summed E-state index contributed by atoms with van der Waals surface area (Å²) in [6.07, 6.45) is 1.83. The molecule has 42 heavy (non-hydrogen) atoms. The summed E-state index contributed by atoms with van der Waals surface area (Å²) in [5.41, 5.74) is 6.41. The molecule has 1 aliphatic rings. The minimum absolute atomic E-state index is 0.126. The van der Waals surface area contributed by atoms with Gasteiger partial charge in [-0.3, -0.25) is 4.98 Å². The first-order valence-corrected chi connectivity index (χ1v) is 14.1. The summed E-state index contributed by atoms with van der Waals surface area (Å²) in [7, 11) is 3.33. The highest BCUT2D eigenvalue weighted by molar-refractivity contribution is 7.80. The Kier molecular flexibility index (Phi) is 7.54. The van der Waals surface area contributed by atoms with E-state index in [9.17, 15) is 0 Å². The van der Waals surface area contributed by atoms with Gasteiger partial charge in [-0.1, -0.05) is 6.07 Å². The molecular weight excluding hydrogens is 544 g/mol. The van der Waals surface area contributed by atoms with Crippen LogP contribution in [0.1, 0.15) is 34.7 Å². The monoisotopic (exact) mass is 576 g/mol. The third-order valence-corrected chi connectivity index (χ3v) is 7.94. The van der Waals surface area contributed by atoms with Crippen LogP contribution >= 0.6 is 12.2 Å². The maximum atomic E-state index is 6.08. The molecule has 1 saturated heterocycles. The predicted molar refractivity (Wildman–Crippen MR) is 169 cm³/mol. The second kappa shape index (κ2) is 11.6. The van der Waals surface area contributed by atoms with Gasteiger partial charge in [-0.15, -0.1) is 0 Å². The third-order valence-electron chi connectivity index (χ3n) is 7.63. The lowest BCUT2D eigenvalue weighted by Crippen LogP contribution is -2.29. The molecule has 1 fully saturated rings. The van der Waals surface area contributed by atoms with Crippen molar-refractivity contribution in [2.24, 2.45) is 0 Å². The van der Waals surface area contributed by atoms with Crippen molar-refractivity contribution in [3.63, 3.8) is 0 Å². The van der Waals surface area contributed by atoms with Gasteiger partial charge in [0.15, 0.2) is 5.11 Å². The lowest BCUT2D eigenvalue weighted by Gasteiger charge is -2.28. The number of nitrogens with zero attached hydrogens (tertiary/aromatic N) is 3. The number of hydrogen-bond acceptors (Lipinski definition) is 5. The lowest BCUT2D eigenvalue weighted by molar-refractivity contribution is 0.413. The first-order chi connectivity index (χ1) is 20.5. The van der Waals surface area contributed by atoms with Gasteiger partial charge in [0.05, 0.1) is 32.0 Å². The van der Waals surface area contributed by atoms with E-state index in [1.54, 1.807) is 14.2 Å². The zero-order valence-corrected chi connectivity index (χ0v) is 24.8. The van der Waals surface area contributed by atoms with Gasteiger partial charge in [0.2, 0.25) is 0 Å². The van der Waals surface area contributed by atoms with Crippen molar-refractivity contribution in [3.8, 4) is 28.7 Å². The van der Waals surface area contributed by atoms with Gasteiger partial charge in [-0.2, -0.15) is 0 Å². The summed E-state index contributed by atoms with van der Waals surface area (Å²) in [5, 5.41) is 4.22. The molecule has 1 aliphatic heterocycles. The van der Waals surface area contributed by atoms with Crippen LogP contribution in [-0.2, 0) is 0 Å². The Morgan fingerprint density at radius 1 is 0.738 bits per heavy atom. The fourth-order valence-electron chi connectivity index (χ4n) is 5.62. The smallest absolute Gasteiger partial charge is 0.174 e. The molecule has 0 amide bonds. The van der Waals surface area contributed by atoms with E-state index >= 15 is 0 Å². The number of hydrogen-bond donors (Lipinski definition) is 1. The van der Waals surface area contributed by atoms with Crippen LogP contribution in [0.2, 0.25) is 0 Å². The van der Waals surface area contributed by atoms with Gasteiger partial charge in [0.25, 0.3) is 0 Å². The van der Waals surface area contributed by atoms with E-state index in [0.717, 1.165) is 51.5 Å². The van der Waals surface area contributed by atoms with Crippen LogP contribution in [0.3, 0.4) is 0 Å². The topological polar surface area (TPSA) is 60.8 Å². The number of anilines is 1. The predicted octanol–water partition coefficient (Wildman–Crippen LogP) is 7.48. The van der Waals surface area contributed by atoms with Crippen molar-refractivity contribution in [2.45, 2.75) is 25.9 Å². The van der Waals surface area contributed by atoms with Gasteiger partial charge in [-0.25, -0.2) is 0 Å². The van der Waals surface area contributed by atoms with Gasteiger partial charge >= 0.3 is 0 Å². The van der Waals surface area contributed by atoms with E-state index in [-0.39, 0.29) is 12.1 Å². The average Bonchev–Trinajstić information content (AvgIpc) is 3.52. The molecule has 0 bridgehead atoms. The van der Waals surface area contributed by atoms with Crippen molar-refractivity contribution in [3.05, 3.63) is 126 Å². The van der Waals surface area contributed by atoms with Crippen LogP contribution < -0.4 is 24.4 Å². The van der Waals surface area contributed by atoms with Gasteiger partial charge in [0.1, 0.15) is 23.0 Å². The summed E-state index contributed by atoms with van der Waals surface area (Å²) >= 11 is 5.97. The summed E-state index contributed by atoms with van der Waals surface area (Å²) in [5.74, 6) is 3.08. The second-order valence-electron chi connectivity index (χ2n) is 10.1. The van der Waals surface area contributed by atoms with Crippen LogP contribution in [0.4, 0.5) is 5.69 Å². The van der Waals surface area contributed by atoms with E-state index in [2.05, 4.69) is 46.8 Å². The number of benzene rings is 3. The molecule has 2 aromatic heterocycles. The molecule has 0 radical (unpaired) electrons. The Morgan fingerprint density at radius 2 is 1.31 bits per heavy atom. The van der Waals surface area contributed by atoms with Crippen LogP contribution in [0.25, 0.3) is 5.69 Å². The van der Waals surface area contributed by atoms with Crippen molar-refractivity contribution < 1.29 is 14.2 Å². The summed E-state index contributed by atoms with van der Waals surface area (Å²) in [6, 6.07) is 31.7. The minimum Gasteiger partial charge on any atom is -0.497 e.